The number of esters is 1. The standard InChI is InChI=1S/C25H29F3O2/c1-3-4-14-5-6-16-12-17(8-7-15(16)11-14)19-10-9-18-13-20(25(29)30-2)23(27)24(28)21(18)22(19)26/h9-10,13-17H,3-8,11-12H2,1-2H3/t14?,15-,16+,17?/m0/s1. The highest BCUT2D eigenvalue weighted by Gasteiger charge is 2.37. The molecule has 0 aliphatic heterocycles. The molecule has 5 heteroatoms. The van der Waals surface area contributed by atoms with E-state index in [9.17, 15) is 13.6 Å². The molecule has 2 aliphatic rings. The van der Waals surface area contributed by atoms with Crippen LogP contribution < -0.4 is 0 Å². The number of ether oxygens (including phenoxy) is 1. The molecule has 0 N–H and O–H groups in total. The maximum atomic E-state index is 15.4. The van der Waals surface area contributed by atoms with E-state index in [1.54, 1.807) is 12.1 Å². The van der Waals surface area contributed by atoms with Crippen molar-refractivity contribution in [1.29, 1.82) is 0 Å². The summed E-state index contributed by atoms with van der Waals surface area (Å²) in [6.45, 7) is 2.24. The number of hydrogen-bond acceptors (Lipinski definition) is 2. The summed E-state index contributed by atoms with van der Waals surface area (Å²) in [7, 11) is 1.10. The number of carbonyl (C=O) groups is 1. The van der Waals surface area contributed by atoms with Crippen molar-refractivity contribution < 1.29 is 22.7 Å². The summed E-state index contributed by atoms with van der Waals surface area (Å²) in [5, 5.41) is -0.198. The molecule has 0 aromatic heterocycles. The third-order valence-corrected chi connectivity index (χ3v) is 7.42. The van der Waals surface area contributed by atoms with Crippen molar-refractivity contribution >= 4 is 16.7 Å². The number of methoxy groups -OCH3 is 1. The third-order valence-electron chi connectivity index (χ3n) is 7.42. The fourth-order valence-corrected chi connectivity index (χ4v) is 5.91. The van der Waals surface area contributed by atoms with Crippen molar-refractivity contribution in [2.45, 2.75) is 64.2 Å². The smallest absolute Gasteiger partial charge is 0.340 e. The van der Waals surface area contributed by atoms with Crippen LogP contribution in [0.3, 0.4) is 0 Å². The summed E-state index contributed by atoms with van der Waals surface area (Å²) in [6.07, 6.45) is 9.11. The minimum atomic E-state index is -1.36. The highest BCUT2D eigenvalue weighted by atomic mass is 19.2. The largest absolute Gasteiger partial charge is 0.465 e. The van der Waals surface area contributed by atoms with Crippen LogP contribution in [0.25, 0.3) is 10.8 Å². The zero-order valence-corrected chi connectivity index (χ0v) is 17.6. The lowest BCUT2D eigenvalue weighted by molar-refractivity contribution is 0.0594. The third kappa shape index (κ3) is 3.72. The van der Waals surface area contributed by atoms with Crippen LogP contribution in [0.15, 0.2) is 18.2 Å². The minimum absolute atomic E-state index is 0.0288. The molecule has 2 saturated carbocycles. The van der Waals surface area contributed by atoms with Crippen molar-refractivity contribution in [3.63, 3.8) is 0 Å². The molecule has 0 bridgehead atoms. The summed E-state index contributed by atoms with van der Waals surface area (Å²) in [5.41, 5.74) is -0.0419. The van der Waals surface area contributed by atoms with Gasteiger partial charge in [-0.15, -0.1) is 0 Å². The second kappa shape index (κ2) is 8.60. The fraction of sp³-hybridized carbons (Fsp3) is 0.560. The SMILES string of the molecule is CCCC1CC[C@@H]2CC(c3ccc4cc(C(=O)OC)c(F)c(F)c4c3F)CC[C@H]2C1. The zero-order valence-electron chi connectivity index (χ0n) is 17.6. The van der Waals surface area contributed by atoms with E-state index >= 15 is 4.39 Å². The van der Waals surface area contributed by atoms with E-state index < -0.39 is 29.0 Å². The van der Waals surface area contributed by atoms with Gasteiger partial charge in [0.1, 0.15) is 5.82 Å². The number of carbonyl (C=O) groups excluding carboxylic acids is 1. The number of benzene rings is 2. The van der Waals surface area contributed by atoms with Gasteiger partial charge in [0.2, 0.25) is 0 Å². The molecule has 2 fully saturated rings. The molecule has 162 valence electrons. The zero-order chi connectivity index (χ0) is 21.4. The average molecular weight is 418 g/mol. The Kier molecular flexibility index (Phi) is 6.08. The minimum Gasteiger partial charge on any atom is -0.465 e. The Hall–Kier alpha value is -2.04. The molecular weight excluding hydrogens is 389 g/mol. The lowest BCUT2D eigenvalue weighted by Gasteiger charge is -2.42. The van der Waals surface area contributed by atoms with Crippen molar-refractivity contribution in [3.05, 3.63) is 46.8 Å². The summed E-state index contributed by atoms with van der Waals surface area (Å²) < 4.78 is 49.0. The van der Waals surface area contributed by atoms with E-state index in [0.29, 0.717) is 17.4 Å². The summed E-state index contributed by atoms with van der Waals surface area (Å²) in [5.74, 6) is -2.18. The predicted octanol–water partition coefficient (Wildman–Crippen LogP) is 7.14. The van der Waals surface area contributed by atoms with E-state index in [-0.39, 0.29) is 16.7 Å². The normalized spacial score (nSPS) is 26.4. The molecule has 0 spiro atoms. The van der Waals surface area contributed by atoms with Gasteiger partial charge in [-0.05, 0) is 72.8 Å². The molecule has 2 aromatic rings. The van der Waals surface area contributed by atoms with Crippen LogP contribution in [0.5, 0.6) is 0 Å². The maximum absolute atomic E-state index is 15.4. The first-order valence-corrected chi connectivity index (χ1v) is 11.1. The number of halogens is 3. The Balaban J connectivity index is 1.62. The quantitative estimate of drug-likeness (QED) is 0.493. The molecule has 2 nitrogen and oxygen atoms in total. The summed E-state index contributed by atoms with van der Waals surface area (Å²) in [4.78, 5) is 11.7. The molecule has 0 heterocycles. The van der Waals surface area contributed by atoms with E-state index in [2.05, 4.69) is 11.7 Å². The van der Waals surface area contributed by atoms with Gasteiger partial charge in [0.05, 0.1) is 18.1 Å². The molecule has 4 atom stereocenters. The lowest BCUT2D eigenvalue weighted by atomic mass is 9.63. The fourth-order valence-electron chi connectivity index (χ4n) is 5.91. The molecule has 2 aliphatic carbocycles. The van der Waals surface area contributed by atoms with E-state index in [0.717, 1.165) is 32.3 Å². The van der Waals surface area contributed by atoms with Crippen molar-refractivity contribution in [1.82, 2.24) is 0 Å². The first kappa shape index (κ1) is 21.2. The van der Waals surface area contributed by atoms with Crippen LogP contribution in [-0.4, -0.2) is 13.1 Å². The average Bonchev–Trinajstić information content (AvgIpc) is 2.75. The molecule has 2 aromatic carbocycles. The second-order valence-corrected chi connectivity index (χ2v) is 9.11. The molecule has 4 rings (SSSR count). The highest BCUT2D eigenvalue weighted by Crippen LogP contribution is 2.49. The predicted molar refractivity (Wildman–Crippen MR) is 111 cm³/mol. The van der Waals surface area contributed by atoms with Gasteiger partial charge in [0.15, 0.2) is 11.6 Å². The van der Waals surface area contributed by atoms with Crippen LogP contribution in [0.4, 0.5) is 13.2 Å². The Labute approximate surface area is 175 Å². The molecule has 30 heavy (non-hydrogen) atoms. The second-order valence-electron chi connectivity index (χ2n) is 9.11. The molecular formula is C25H29F3O2. The number of hydrogen-bond donors (Lipinski definition) is 0. The van der Waals surface area contributed by atoms with Crippen molar-refractivity contribution in [2.75, 3.05) is 7.11 Å². The summed E-state index contributed by atoms with van der Waals surface area (Å²) in [6, 6.07) is 4.44. The molecule has 2 unspecified atom stereocenters. The van der Waals surface area contributed by atoms with Gasteiger partial charge in [0.25, 0.3) is 0 Å². The van der Waals surface area contributed by atoms with Crippen LogP contribution in [0, 0.1) is 35.2 Å². The van der Waals surface area contributed by atoms with Crippen LogP contribution >= 0.6 is 0 Å². The number of rotatable bonds is 4. The topological polar surface area (TPSA) is 26.3 Å². The van der Waals surface area contributed by atoms with Gasteiger partial charge < -0.3 is 4.74 Å². The molecule has 0 radical (unpaired) electrons. The first-order chi connectivity index (χ1) is 14.4. The Morgan fingerprint density at radius 1 is 1.00 bits per heavy atom. The van der Waals surface area contributed by atoms with Crippen molar-refractivity contribution in [3.8, 4) is 0 Å². The van der Waals surface area contributed by atoms with E-state index in [4.69, 9.17) is 0 Å². The van der Waals surface area contributed by atoms with E-state index in [1.165, 1.54) is 38.2 Å². The maximum Gasteiger partial charge on any atom is 0.340 e. The van der Waals surface area contributed by atoms with Gasteiger partial charge in [-0.3, -0.25) is 0 Å². The first-order valence-electron chi connectivity index (χ1n) is 11.1. The van der Waals surface area contributed by atoms with Crippen molar-refractivity contribution in [2.24, 2.45) is 17.8 Å². The Morgan fingerprint density at radius 2 is 1.73 bits per heavy atom. The highest BCUT2D eigenvalue weighted by molar-refractivity contribution is 5.96. The Morgan fingerprint density at radius 3 is 2.47 bits per heavy atom. The van der Waals surface area contributed by atoms with Gasteiger partial charge >= 0.3 is 5.97 Å². The lowest BCUT2D eigenvalue weighted by Crippen LogP contribution is -2.30. The van der Waals surface area contributed by atoms with Crippen LogP contribution in [0.2, 0.25) is 0 Å². The van der Waals surface area contributed by atoms with Gasteiger partial charge in [-0.2, -0.15) is 0 Å². The number of fused-ring (bicyclic) bond motifs is 2. The van der Waals surface area contributed by atoms with Crippen LogP contribution in [-0.2, 0) is 4.74 Å². The summed E-state index contributed by atoms with van der Waals surface area (Å²) >= 11 is 0. The van der Waals surface area contributed by atoms with E-state index in [1.807, 2.05) is 0 Å². The Bertz CT molecular complexity index is 955. The van der Waals surface area contributed by atoms with Crippen LogP contribution in [0.1, 0.15) is 80.1 Å². The molecule has 0 amide bonds. The molecule has 0 saturated heterocycles. The van der Waals surface area contributed by atoms with Gasteiger partial charge in [0, 0.05) is 0 Å². The monoisotopic (exact) mass is 418 g/mol. The van der Waals surface area contributed by atoms with Gasteiger partial charge in [-0.1, -0.05) is 38.3 Å². The van der Waals surface area contributed by atoms with Gasteiger partial charge in [-0.25, -0.2) is 18.0 Å².